The van der Waals surface area contributed by atoms with Crippen molar-refractivity contribution in [2.75, 3.05) is 6.61 Å². The minimum Gasteiger partial charge on any atom is -0.484 e. The number of hydrogen-bond acceptors (Lipinski definition) is 3. The molecule has 0 aliphatic carbocycles. The zero-order valence-corrected chi connectivity index (χ0v) is 20.8. The van der Waals surface area contributed by atoms with E-state index in [1.807, 2.05) is 45.0 Å². The van der Waals surface area contributed by atoms with Gasteiger partial charge in [0.1, 0.15) is 11.8 Å². The van der Waals surface area contributed by atoms with Crippen LogP contribution in [-0.2, 0) is 16.1 Å². The number of nitrogens with zero attached hydrogens (tertiary/aromatic N) is 1. The van der Waals surface area contributed by atoms with Crippen LogP contribution in [0, 0.1) is 0 Å². The van der Waals surface area contributed by atoms with Crippen molar-refractivity contribution in [1.82, 2.24) is 10.2 Å². The minimum absolute atomic E-state index is 0.0480. The summed E-state index contributed by atoms with van der Waals surface area (Å²) in [7, 11) is 0. The molecule has 0 aliphatic rings. The molecule has 1 unspecified atom stereocenters. The van der Waals surface area contributed by atoms with Gasteiger partial charge in [0.25, 0.3) is 5.91 Å². The second-order valence-corrected chi connectivity index (χ2v) is 9.14. The average molecular weight is 479 g/mol. The number of carbonyl (C=O) groups excluding carboxylic acids is 2. The fourth-order valence-corrected chi connectivity index (χ4v) is 3.85. The maximum absolute atomic E-state index is 13.2. The van der Waals surface area contributed by atoms with Crippen LogP contribution in [0.25, 0.3) is 0 Å². The molecule has 1 atom stereocenters. The SMILES string of the molecule is CCC(C(=O)NC(C)C)N(Cc1c(Cl)cccc1Cl)C(=O)COc1ccc(C(C)C)cc1. The summed E-state index contributed by atoms with van der Waals surface area (Å²) in [6.07, 6.45) is 0.440. The summed E-state index contributed by atoms with van der Waals surface area (Å²) >= 11 is 12.7. The van der Waals surface area contributed by atoms with Gasteiger partial charge < -0.3 is 15.0 Å². The van der Waals surface area contributed by atoms with E-state index in [9.17, 15) is 9.59 Å². The molecule has 32 heavy (non-hydrogen) atoms. The second kappa shape index (κ2) is 12.1. The first-order valence-corrected chi connectivity index (χ1v) is 11.6. The van der Waals surface area contributed by atoms with Gasteiger partial charge >= 0.3 is 0 Å². The van der Waals surface area contributed by atoms with E-state index >= 15 is 0 Å². The Morgan fingerprint density at radius 2 is 1.59 bits per heavy atom. The van der Waals surface area contributed by atoms with E-state index in [4.69, 9.17) is 27.9 Å². The molecule has 5 nitrogen and oxygen atoms in total. The maximum Gasteiger partial charge on any atom is 0.261 e. The van der Waals surface area contributed by atoms with Crippen molar-refractivity contribution < 1.29 is 14.3 Å². The summed E-state index contributed by atoms with van der Waals surface area (Å²) in [5, 5.41) is 3.78. The Labute approximate surface area is 201 Å². The van der Waals surface area contributed by atoms with E-state index in [1.54, 1.807) is 18.2 Å². The molecule has 0 radical (unpaired) electrons. The predicted molar refractivity (Wildman–Crippen MR) is 130 cm³/mol. The normalized spacial score (nSPS) is 12.0. The molecule has 7 heteroatoms. The van der Waals surface area contributed by atoms with Crippen LogP contribution >= 0.6 is 23.2 Å². The van der Waals surface area contributed by atoms with E-state index in [0.717, 1.165) is 0 Å². The van der Waals surface area contributed by atoms with E-state index in [-0.39, 0.29) is 31.0 Å². The number of amides is 2. The van der Waals surface area contributed by atoms with E-state index in [1.165, 1.54) is 10.5 Å². The highest BCUT2D eigenvalue weighted by Gasteiger charge is 2.30. The fourth-order valence-electron chi connectivity index (χ4n) is 3.33. The molecular formula is C25H32Cl2N2O3. The molecule has 2 amide bonds. The van der Waals surface area contributed by atoms with Crippen molar-refractivity contribution >= 4 is 35.0 Å². The predicted octanol–water partition coefficient (Wildman–Crippen LogP) is 5.83. The first-order valence-electron chi connectivity index (χ1n) is 10.9. The van der Waals surface area contributed by atoms with Crippen molar-refractivity contribution in [1.29, 1.82) is 0 Å². The van der Waals surface area contributed by atoms with Crippen LogP contribution in [0.5, 0.6) is 5.75 Å². The number of nitrogens with one attached hydrogen (secondary N) is 1. The molecule has 0 saturated carbocycles. The molecule has 0 aromatic heterocycles. The summed E-state index contributed by atoms with van der Waals surface area (Å²) in [6.45, 7) is 9.77. The second-order valence-electron chi connectivity index (χ2n) is 8.32. The topological polar surface area (TPSA) is 58.6 Å². The van der Waals surface area contributed by atoms with E-state index in [2.05, 4.69) is 19.2 Å². The molecule has 0 spiro atoms. The van der Waals surface area contributed by atoms with Crippen LogP contribution in [0.2, 0.25) is 10.0 Å². The van der Waals surface area contributed by atoms with Crippen molar-refractivity contribution in [3.05, 3.63) is 63.6 Å². The Balaban J connectivity index is 2.25. The van der Waals surface area contributed by atoms with Crippen LogP contribution in [0.15, 0.2) is 42.5 Å². The number of rotatable bonds is 10. The summed E-state index contributed by atoms with van der Waals surface area (Å²) in [5.41, 5.74) is 1.79. The molecule has 2 rings (SSSR count). The van der Waals surface area contributed by atoms with Gasteiger partial charge in [0.2, 0.25) is 5.91 Å². The molecule has 1 N–H and O–H groups in total. The zero-order chi connectivity index (χ0) is 23.8. The molecule has 174 valence electrons. The van der Waals surface area contributed by atoms with Crippen LogP contribution in [-0.4, -0.2) is 35.4 Å². The van der Waals surface area contributed by atoms with Crippen molar-refractivity contribution in [2.45, 2.75) is 65.6 Å². The molecule has 0 saturated heterocycles. The number of ether oxygens (including phenoxy) is 1. The van der Waals surface area contributed by atoms with Gasteiger partial charge in [-0.3, -0.25) is 9.59 Å². The number of carbonyl (C=O) groups is 2. The smallest absolute Gasteiger partial charge is 0.261 e. The molecule has 0 fully saturated rings. The third-order valence-corrected chi connectivity index (χ3v) is 5.82. The Hall–Kier alpha value is -2.24. The molecule has 0 heterocycles. The van der Waals surface area contributed by atoms with Gasteiger partial charge in [0.15, 0.2) is 6.61 Å². The van der Waals surface area contributed by atoms with Crippen LogP contribution in [0.1, 0.15) is 58.1 Å². The average Bonchev–Trinajstić information content (AvgIpc) is 2.73. The standard InChI is InChI=1S/C25H32Cl2N2O3/c1-6-23(25(31)28-17(4)5)29(14-20-21(26)8-7-9-22(20)27)24(30)15-32-19-12-10-18(11-13-19)16(2)3/h7-13,16-17,23H,6,14-15H2,1-5H3,(H,28,31). The van der Waals surface area contributed by atoms with Crippen molar-refractivity contribution in [2.24, 2.45) is 0 Å². The number of benzene rings is 2. The Kier molecular flexibility index (Phi) is 9.85. The van der Waals surface area contributed by atoms with Gasteiger partial charge in [-0.2, -0.15) is 0 Å². The lowest BCUT2D eigenvalue weighted by Gasteiger charge is -2.31. The molecule has 0 aliphatic heterocycles. The van der Waals surface area contributed by atoms with E-state index < -0.39 is 6.04 Å². The maximum atomic E-state index is 13.2. The summed E-state index contributed by atoms with van der Waals surface area (Å²) in [6, 6.07) is 12.1. The summed E-state index contributed by atoms with van der Waals surface area (Å²) < 4.78 is 5.75. The third kappa shape index (κ3) is 7.14. The minimum atomic E-state index is -0.677. The lowest BCUT2D eigenvalue weighted by Crippen LogP contribution is -2.51. The van der Waals surface area contributed by atoms with Gasteiger partial charge in [0.05, 0.1) is 0 Å². The highest BCUT2D eigenvalue weighted by atomic mass is 35.5. The van der Waals surface area contributed by atoms with Gasteiger partial charge in [-0.05, 0) is 56.0 Å². The van der Waals surface area contributed by atoms with Gasteiger partial charge in [-0.25, -0.2) is 0 Å². The van der Waals surface area contributed by atoms with Crippen LogP contribution < -0.4 is 10.1 Å². The van der Waals surface area contributed by atoms with Gasteiger partial charge in [0, 0.05) is 28.2 Å². The molecule has 2 aromatic rings. The largest absolute Gasteiger partial charge is 0.484 e. The molecule has 2 aromatic carbocycles. The first kappa shape index (κ1) is 26.0. The van der Waals surface area contributed by atoms with Gasteiger partial charge in [-0.1, -0.05) is 62.2 Å². The lowest BCUT2D eigenvalue weighted by atomic mass is 10.0. The zero-order valence-electron chi connectivity index (χ0n) is 19.3. The lowest BCUT2D eigenvalue weighted by molar-refractivity contribution is -0.143. The quantitative estimate of drug-likeness (QED) is 0.467. The van der Waals surface area contributed by atoms with Crippen LogP contribution in [0.4, 0.5) is 0 Å². The first-order chi connectivity index (χ1) is 15.1. The van der Waals surface area contributed by atoms with Gasteiger partial charge in [-0.15, -0.1) is 0 Å². The summed E-state index contributed by atoms with van der Waals surface area (Å²) in [4.78, 5) is 27.6. The number of hydrogen-bond donors (Lipinski definition) is 1. The monoisotopic (exact) mass is 478 g/mol. The Bertz CT molecular complexity index is 894. The van der Waals surface area contributed by atoms with E-state index in [0.29, 0.717) is 33.7 Å². The third-order valence-electron chi connectivity index (χ3n) is 5.12. The van der Waals surface area contributed by atoms with Crippen LogP contribution in [0.3, 0.4) is 0 Å². The Morgan fingerprint density at radius 1 is 1.00 bits per heavy atom. The Morgan fingerprint density at radius 3 is 2.09 bits per heavy atom. The molecule has 0 bridgehead atoms. The number of halogens is 2. The van der Waals surface area contributed by atoms with Crippen molar-refractivity contribution in [3.63, 3.8) is 0 Å². The van der Waals surface area contributed by atoms with Crippen molar-refractivity contribution in [3.8, 4) is 5.75 Å². The highest BCUT2D eigenvalue weighted by Crippen LogP contribution is 2.27. The fraction of sp³-hybridized carbons (Fsp3) is 0.440. The summed E-state index contributed by atoms with van der Waals surface area (Å²) in [5.74, 6) is 0.462. The highest BCUT2D eigenvalue weighted by molar-refractivity contribution is 6.36. The molecular weight excluding hydrogens is 447 g/mol.